The zero-order valence-electron chi connectivity index (χ0n) is 19.8. The lowest BCUT2D eigenvalue weighted by Crippen LogP contribution is -2.41. The van der Waals surface area contributed by atoms with Gasteiger partial charge >= 0.3 is 5.69 Å². The van der Waals surface area contributed by atoms with Crippen molar-refractivity contribution in [2.24, 2.45) is 0 Å². The molecule has 9 nitrogen and oxygen atoms in total. The van der Waals surface area contributed by atoms with Gasteiger partial charge in [-0.1, -0.05) is 25.1 Å². The second-order valence-electron chi connectivity index (χ2n) is 9.03. The number of morpholine rings is 1. The second-order valence-corrected chi connectivity index (χ2v) is 10.9. The van der Waals surface area contributed by atoms with Crippen molar-refractivity contribution in [2.45, 2.75) is 37.1 Å². The highest BCUT2D eigenvalue weighted by Gasteiger charge is 2.31. The zero-order valence-corrected chi connectivity index (χ0v) is 20.6. The summed E-state index contributed by atoms with van der Waals surface area (Å²) >= 11 is 0. The molecule has 0 atom stereocenters. The van der Waals surface area contributed by atoms with Crippen LogP contribution in [0.3, 0.4) is 0 Å². The molecule has 3 aromatic rings. The number of rotatable bonds is 5. The molecule has 1 amide bonds. The highest BCUT2D eigenvalue weighted by atomic mass is 32.2. The van der Waals surface area contributed by atoms with Gasteiger partial charge in [-0.05, 0) is 49.1 Å². The molecule has 0 radical (unpaired) electrons. The number of nitrogens with zero attached hydrogens (tertiary/aromatic N) is 3. The number of aromatic nitrogens is 2. The van der Waals surface area contributed by atoms with Crippen molar-refractivity contribution in [3.63, 3.8) is 0 Å². The first kappa shape index (κ1) is 23.8. The van der Waals surface area contributed by atoms with E-state index in [1.54, 1.807) is 21.6 Å². The van der Waals surface area contributed by atoms with Crippen LogP contribution in [0.15, 0.2) is 52.2 Å². The fraction of sp³-hybridized carbons (Fsp3) is 0.440. The number of benzene rings is 2. The normalized spacial score (nSPS) is 18.3. The molecule has 2 fully saturated rings. The van der Waals surface area contributed by atoms with Crippen LogP contribution in [0.2, 0.25) is 0 Å². The Morgan fingerprint density at radius 1 is 1.06 bits per heavy atom. The molecule has 186 valence electrons. The summed E-state index contributed by atoms with van der Waals surface area (Å²) < 4.78 is 35.2. The summed E-state index contributed by atoms with van der Waals surface area (Å²) in [6.07, 6.45) is 1.86. The lowest BCUT2D eigenvalue weighted by Gasteiger charge is -2.33. The molecule has 2 aliphatic heterocycles. The highest BCUT2D eigenvalue weighted by molar-refractivity contribution is 7.89. The SMILES string of the molecule is CCc1ccc(C(=O)N2CCC(n3c(=O)[nH]c4ccccc43)CC2)cc1S(=O)(=O)N1CCOCC1. The first-order chi connectivity index (χ1) is 16.9. The smallest absolute Gasteiger partial charge is 0.326 e. The van der Waals surface area contributed by atoms with Gasteiger partial charge in [0.2, 0.25) is 10.0 Å². The average Bonchev–Trinajstić information content (AvgIpc) is 3.24. The zero-order chi connectivity index (χ0) is 24.6. The van der Waals surface area contributed by atoms with E-state index in [1.165, 1.54) is 10.4 Å². The molecule has 10 heteroatoms. The third-order valence-corrected chi connectivity index (χ3v) is 9.00. The summed E-state index contributed by atoms with van der Waals surface area (Å²) in [7, 11) is -3.71. The van der Waals surface area contributed by atoms with Gasteiger partial charge in [0.15, 0.2) is 0 Å². The minimum atomic E-state index is -3.71. The molecular weight excluding hydrogens is 468 g/mol. The van der Waals surface area contributed by atoms with Crippen LogP contribution in [0, 0.1) is 0 Å². The lowest BCUT2D eigenvalue weighted by atomic mass is 10.0. The number of ether oxygens (including phenoxy) is 1. The van der Waals surface area contributed by atoms with Gasteiger partial charge in [-0.2, -0.15) is 4.31 Å². The summed E-state index contributed by atoms with van der Waals surface area (Å²) in [5.74, 6) is -0.184. The first-order valence-corrected chi connectivity index (χ1v) is 13.5. The van der Waals surface area contributed by atoms with Gasteiger partial charge in [0.05, 0.1) is 29.1 Å². The van der Waals surface area contributed by atoms with Crippen LogP contribution in [0.4, 0.5) is 0 Å². The Bertz CT molecular complexity index is 1400. The Labute approximate surface area is 204 Å². The van der Waals surface area contributed by atoms with E-state index >= 15 is 0 Å². The van der Waals surface area contributed by atoms with Gasteiger partial charge in [-0.3, -0.25) is 9.36 Å². The number of piperidine rings is 1. The number of aryl methyl sites for hydroxylation is 1. The van der Waals surface area contributed by atoms with Crippen LogP contribution in [0.25, 0.3) is 11.0 Å². The van der Waals surface area contributed by atoms with E-state index in [0.717, 1.165) is 11.0 Å². The minimum absolute atomic E-state index is 0.00225. The lowest BCUT2D eigenvalue weighted by molar-refractivity contribution is 0.0694. The van der Waals surface area contributed by atoms with Crippen molar-refractivity contribution in [2.75, 3.05) is 39.4 Å². The second kappa shape index (κ2) is 9.60. The summed E-state index contributed by atoms with van der Waals surface area (Å²) in [4.78, 5) is 30.8. The monoisotopic (exact) mass is 498 g/mol. The highest BCUT2D eigenvalue weighted by Crippen LogP contribution is 2.28. The molecule has 0 unspecified atom stereocenters. The molecule has 1 aromatic heterocycles. The molecule has 5 rings (SSSR count). The van der Waals surface area contributed by atoms with Crippen molar-refractivity contribution in [1.82, 2.24) is 18.8 Å². The maximum atomic E-state index is 13.4. The van der Waals surface area contributed by atoms with Crippen molar-refractivity contribution in [3.05, 3.63) is 64.1 Å². The van der Waals surface area contributed by atoms with Gasteiger partial charge < -0.3 is 14.6 Å². The number of likely N-dealkylation sites (tertiary alicyclic amines) is 1. The number of amides is 1. The van der Waals surface area contributed by atoms with E-state index in [1.807, 2.05) is 31.2 Å². The Hall–Kier alpha value is -2.95. The van der Waals surface area contributed by atoms with Gasteiger partial charge in [0.1, 0.15) is 0 Å². The van der Waals surface area contributed by atoms with Crippen molar-refractivity contribution in [1.29, 1.82) is 0 Å². The van der Waals surface area contributed by atoms with Crippen molar-refractivity contribution >= 4 is 27.0 Å². The van der Waals surface area contributed by atoms with Crippen molar-refractivity contribution in [3.8, 4) is 0 Å². The molecule has 0 spiro atoms. The predicted molar refractivity (Wildman–Crippen MR) is 132 cm³/mol. The molecular formula is C25H30N4O5S. The number of fused-ring (bicyclic) bond motifs is 1. The van der Waals surface area contributed by atoms with Gasteiger partial charge in [0, 0.05) is 37.8 Å². The third kappa shape index (κ3) is 4.41. The van der Waals surface area contributed by atoms with E-state index < -0.39 is 10.0 Å². The van der Waals surface area contributed by atoms with E-state index in [-0.39, 0.29) is 22.5 Å². The Morgan fingerprint density at radius 3 is 2.49 bits per heavy atom. The molecule has 2 aromatic carbocycles. The fourth-order valence-electron chi connectivity index (χ4n) is 5.09. The predicted octanol–water partition coefficient (Wildman–Crippen LogP) is 2.39. The van der Waals surface area contributed by atoms with Gasteiger partial charge in [-0.25, -0.2) is 13.2 Å². The number of H-pyrrole nitrogens is 1. The summed E-state index contributed by atoms with van der Waals surface area (Å²) in [5.41, 5.74) is 2.61. The molecule has 2 aliphatic rings. The number of aromatic amines is 1. The quantitative estimate of drug-likeness (QED) is 0.582. The number of hydrogen-bond acceptors (Lipinski definition) is 5. The Morgan fingerprint density at radius 2 is 1.77 bits per heavy atom. The number of imidazole rings is 1. The number of para-hydroxylation sites is 2. The molecule has 0 aliphatic carbocycles. The molecule has 2 saturated heterocycles. The van der Waals surface area contributed by atoms with Crippen LogP contribution >= 0.6 is 0 Å². The summed E-state index contributed by atoms with van der Waals surface area (Å²) in [5, 5.41) is 0. The number of carbonyl (C=O) groups excluding carboxylic acids is 1. The van der Waals surface area contributed by atoms with Crippen LogP contribution in [0.1, 0.15) is 41.7 Å². The van der Waals surface area contributed by atoms with E-state index in [0.29, 0.717) is 69.8 Å². The van der Waals surface area contributed by atoms with E-state index in [4.69, 9.17) is 4.74 Å². The van der Waals surface area contributed by atoms with Crippen LogP contribution < -0.4 is 5.69 Å². The topological polar surface area (TPSA) is 105 Å². The maximum Gasteiger partial charge on any atom is 0.326 e. The first-order valence-electron chi connectivity index (χ1n) is 12.1. The van der Waals surface area contributed by atoms with Crippen LogP contribution in [0.5, 0.6) is 0 Å². The minimum Gasteiger partial charge on any atom is -0.379 e. The molecule has 35 heavy (non-hydrogen) atoms. The van der Waals surface area contributed by atoms with Gasteiger partial charge in [0.25, 0.3) is 5.91 Å². The van der Waals surface area contributed by atoms with Crippen LogP contribution in [-0.2, 0) is 21.2 Å². The molecule has 3 heterocycles. The number of hydrogen-bond donors (Lipinski definition) is 1. The maximum absolute atomic E-state index is 13.4. The fourth-order valence-corrected chi connectivity index (χ4v) is 6.82. The third-order valence-electron chi connectivity index (χ3n) is 7.02. The number of sulfonamides is 1. The standard InChI is InChI=1S/C25H30N4O5S/c1-2-18-7-8-19(17-23(18)35(32,33)28-13-15-34-16-14-28)24(30)27-11-9-20(10-12-27)29-22-6-4-3-5-21(22)26-25(29)31/h3-8,17,20H,2,9-16H2,1H3,(H,26,31). The molecule has 1 N–H and O–H groups in total. The number of nitrogens with one attached hydrogen (secondary N) is 1. The van der Waals surface area contributed by atoms with Crippen molar-refractivity contribution < 1.29 is 17.9 Å². The average molecular weight is 499 g/mol. The molecule has 0 bridgehead atoms. The van der Waals surface area contributed by atoms with E-state index in [9.17, 15) is 18.0 Å². The Balaban J connectivity index is 1.35. The summed E-state index contributed by atoms with van der Waals surface area (Å²) in [6.45, 7) is 4.26. The van der Waals surface area contributed by atoms with E-state index in [2.05, 4.69) is 4.98 Å². The Kier molecular flexibility index (Phi) is 6.52. The van der Waals surface area contributed by atoms with Gasteiger partial charge in [-0.15, -0.1) is 0 Å². The molecule has 0 saturated carbocycles. The number of carbonyl (C=O) groups is 1. The van der Waals surface area contributed by atoms with Crippen LogP contribution in [-0.4, -0.2) is 72.5 Å². The summed E-state index contributed by atoms with van der Waals surface area (Å²) in [6, 6.07) is 12.6. The largest absolute Gasteiger partial charge is 0.379 e.